The molecule has 0 N–H and O–H groups in total. The molecular formula is C46H29IN4. The van der Waals surface area contributed by atoms with Crippen LogP contribution in [0.5, 0.6) is 0 Å². The van der Waals surface area contributed by atoms with Gasteiger partial charge in [-0.25, -0.2) is 19.9 Å². The average molecular weight is 765 g/mol. The first-order chi connectivity index (χ1) is 25.1. The van der Waals surface area contributed by atoms with E-state index in [9.17, 15) is 0 Å². The van der Waals surface area contributed by atoms with E-state index in [1.54, 1.807) is 0 Å². The number of benzene rings is 7. The molecule has 0 aliphatic rings. The fraction of sp³-hybridized carbons (Fsp3) is 0. The molecule has 240 valence electrons. The van der Waals surface area contributed by atoms with Gasteiger partial charge in [-0.15, -0.1) is 0 Å². The van der Waals surface area contributed by atoms with Crippen LogP contribution in [-0.4, -0.2) is 19.9 Å². The topological polar surface area (TPSA) is 51.6 Å². The molecule has 0 aliphatic heterocycles. The van der Waals surface area contributed by atoms with E-state index >= 15 is 0 Å². The lowest BCUT2D eigenvalue weighted by Gasteiger charge is -2.13. The maximum Gasteiger partial charge on any atom is 0.160 e. The van der Waals surface area contributed by atoms with Gasteiger partial charge in [-0.2, -0.15) is 0 Å². The smallest absolute Gasteiger partial charge is 0.160 e. The highest BCUT2D eigenvalue weighted by atomic mass is 127. The van der Waals surface area contributed by atoms with Gasteiger partial charge in [0.2, 0.25) is 0 Å². The van der Waals surface area contributed by atoms with Crippen molar-refractivity contribution >= 4 is 44.1 Å². The maximum atomic E-state index is 5.15. The molecule has 0 atom stereocenters. The summed E-state index contributed by atoms with van der Waals surface area (Å²) in [5.41, 5.74) is 9.45. The van der Waals surface area contributed by atoms with Gasteiger partial charge in [0.05, 0.1) is 22.8 Å². The first-order valence-electron chi connectivity index (χ1n) is 16.8. The predicted molar refractivity (Wildman–Crippen MR) is 218 cm³/mol. The SMILES string of the molecule is Ic1cc(-c2cc(-c3ccc4ccccc4c3)nc(-c3ccccc3)n2)cc(-c2cc(-c3ccc4ccccc4c3)nc(-c3ccccc3)n2)c1. The number of halogens is 1. The van der Waals surface area contributed by atoms with E-state index in [0.717, 1.165) is 59.7 Å². The van der Waals surface area contributed by atoms with Crippen LogP contribution in [0.2, 0.25) is 0 Å². The minimum Gasteiger partial charge on any atom is -0.228 e. The molecule has 51 heavy (non-hydrogen) atoms. The molecule has 5 heteroatoms. The van der Waals surface area contributed by atoms with Crippen LogP contribution in [0.25, 0.3) is 89.4 Å². The van der Waals surface area contributed by atoms with Crippen LogP contribution in [0, 0.1) is 3.57 Å². The van der Waals surface area contributed by atoms with Gasteiger partial charge in [0.25, 0.3) is 0 Å². The first-order valence-corrected chi connectivity index (χ1v) is 17.9. The zero-order chi connectivity index (χ0) is 34.1. The summed E-state index contributed by atoms with van der Waals surface area (Å²) in [4.78, 5) is 20.5. The molecule has 0 saturated carbocycles. The number of hydrogen-bond acceptors (Lipinski definition) is 4. The van der Waals surface area contributed by atoms with Crippen molar-refractivity contribution in [2.75, 3.05) is 0 Å². The van der Waals surface area contributed by atoms with Crippen molar-refractivity contribution in [3.8, 4) is 67.8 Å². The highest BCUT2D eigenvalue weighted by Crippen LogP contribution is 2.34. The van der Waals surface area contributed by atoms with E-state index in [1.807, 2.05) is 36.4 Å². The van der Waals surface area contributed by atoms with Gasteiger partial charge >= 0.3 is 0 Å². The van der Waals surface area contributed by atoms with Gasteiger partial charge in [0.15, 0.2) is 11.6 Å². The van der Waals surface area contributed by atoms with Gasteiger partial charge in [0.1, 0.15) is 0 Å². The lowest BCUT2D eigenvalue weighted by molar-refractivity contribution is 1.18. The second-order valence-electron chi connectivity index (χ2n) is 12.5. The van der Waals surface area contributed by atoms with E-state index in [1.165, 1.54) is 21.5 Å². The Balaban J connectivity index is 1.21. The minimum atomic E-state index is 0.684. The van der Waals surface area contributed by atoms with Crippen molar-refractivity contribution in [2.45, 2.75) is 0 Å². The zero-order valence-electron chi connectivity index (χ0n) is 27.4. The Bertz CT molecular complexity index is 2520. The summed E-state index contributed by atoms with van der Waals surface area (Å²) in [6.07, 6.45) is 0. The summed E-state index contributed by atoms with van der Waals surface area (Å²) >= 11 is 2.40. The Morgan fingerprint density at radius 2 is 0.647 bits per heavy atom. The Morgan fingerprint density at radius 3 is 1.08 bits per heavy atom. The lowest BCUT2D eigenvalue weighted by atomic mass is 10.0. The fourth-order valence-electron chi connectivity index (χ4n) is 6.50. The Kier molecular flexibility index (Phi) is 8.10. The van der Waals surface area contributed by atoms with E-state index in [-0.39, 0.29) is 0 Å². The normalized spacial score (nSPS) is 11.2. The molecule has 7 aromatic carbocycles. The van der Waals surface area contributed by atoms with Gasteiger partial charge in [-0.1, -0.05) is 133 Å². The summed E-state index contributed by atoms with van der Waals surface area (Å²) in [6, 6.07) is 60.9. The van der Waals surface area contributed by atoms with Crippen molar-refractivity contribution in [2.24, 2.45) is 0 Å². The Hall–Kier alpha value is -6.05. The van der Waals surface area contributed by atoms with Crippen molar-refractivity contribution in [1.29, 1.82) is 0 Å². The van der Waals surface area contributed by atoms with Crippen molar-refractivity contribution in [3.05, 3.63) is 179 Å². The van der Waals surface area contributed by atoms with Crippen LogP contribution < -0.4 is 0 Å². The predicted octanol–water partition coefficient (Wildman–Crippen LogP) is 12.2. The highest BCUT2D eigenvalue weighted by Gasteiger charge is 2.16. The number of nitrogens with zero attached hydrogens (tertiary/aromatic N) is 4. The van der Waals surface area contributed by atoms with Crippen LogP contribution in [-0.2, 0) is 0 Å². The maximum absolute atomic E-state index is 5.15. The molecule has 0 aliphatic carbocycles. The van der Waals surface area contributed by atoms with Crippen LogP contribution in [0.1, 0.15) is 0 Å². The van der Waals surface area contributed by atoms with Gasteiger partial charge in [-0.3, -0.25) is 0 Å². The molecule has 0 saturated heterocycles. The van der Waals surface area contributed by atoms with E-state index in [4.69, 9.17) is 19.9 Å². The quantitative estimate of drug-likeness (QED) is 0.158. The Labute approximate surface area is 309 Å². The van der Waals surface area contributed by atoms with Crippen molar-refractivity contribution in [1.82, 2.24) is 19.9 Å². The number of hydrogen-bond donors (Lipinski definition) is 0. The number of rotatable bonds is 6. The first kappa shape index (κ1) is 31.0. The molecule has 2 aromatic heterocycles. The molecule has 0 spiro atoms. The van der Waals surface area contributed by atoms with Gasteiger partial charge in [-0.05, 0) is 86.6 Å². The molecule has 2 heterocycles. The molecular weight excluding hydrogens is 735 g/mol. The van der Waals surface area contributed by atoms with Crippen LogP contribution in [0.3, 0.4) is 0 Å². The summed E-state index contributed by atoms with van der Waals surface area (Å²) in [6.45, 7) is 0. The van der Waals surface area contributed by atoms with Crippen molar-refractivity contribution < 1.29 is 0 Å². The van der Waals surface area contributed by atoms with E-state index in [0.29, 0.717) is 11.6 Å². The minimum absolute atomic E-state index is 0.684. The van der Waals surface area contributed by atoms with E-state index in [2.05, 4.69) is 162 Å². The molecule has 9 rings (SSSR count). The second-order valence-corrected chi connectivity index (χ2v) is 13.8. The third-order valence-corrected chi connectivity index (χ3v) is 9.72. The lowest BCUT2D eigenvalue weighted by Crippen LogP contribution is -1.98. The molecule has 0 amide bonds. The van der Waals surface area contributed by atoms with Crippen LogP contribution in [0.4, 0.5) is 0 Å². The number of aromatic nitrogens is 4. The summed E-state index contributed by atoms with van der Waals surface area (Å²) in [5, 5.41) is 4.74. The third kappa shape index (κ3) is 6.40. The summed E-state index contributed by atoms with van der Waals surface area (Å²) in [5.74, 6) is 1.37. The molecule has 0 fully saturated rings. The largest absolute Gasteiger partial charge is 0.228 e. The standard InChI is InChI=1S/C46H29IN4/c47-40-26-38(43-28-41(48-45(50-43)32-13-3-1-4-14-32)36-21-19-30-11-7-9-17-34(30)23-36)25-39(27-40)44-29-42(49-46(51-44)33-15-5-2-6-16-33)37-22-20-31-12-8-10-18-35(31)24-37/h1-29H. The molecule has 0 unspecified atom stereocenters. The Morgan fingerprint density at radius 1 is 0.275 bits per heavy atom. The second kappa shape index (κ2) is 13.3. The summed E-state index contributed by atoms with van der Waals surface area (Å²) < 4.78 is 1.08. The fourth-order valence-corrected chi connectivity index (χ4v) is 7.17. The molecule has 9 aromatic rings. The highest BCUT2D eigenvalue weighted by molar-refractivity contribution is 14.1. The summed E-state index contributed by atoms with van der Waals surface area (Å²) in [7, 11) is 0. The van der Waals surface area contributed by atoms with Crippen molar-refractivity contribution in [3.63, 3.8) is 0 Å². The molecule has 0 bridgehead atoms. The molecule has 4 nitrogen and oxygen atoms in total. The van der Waals surface area contributed by atoms with Gasteiger partial charge in [0, 0.05) is 37.0 Å². The molecule has 0 radical (unpaired) electrons. The zero-order valence-corrected chi connectivity index (χ0v) is 29.6. The third-order valence-electron chi connectivity index (χ3n) is 9.10. The number of fused-ring (bicyclic) bond motifs is 2. The van der Waals surface area contributed by atoms with Crippen LogP contribution >= 0.6 is 22.6 Å². The average Bonchev–Trinajstić information content (AvgIpc) is 3.20. The van der Waals surface area contributed by atoms with Gasteiger partial charge < -0.3 is 0 Å². The van der Waals surface area contributed by atoms with Crippen LogP contribution in [0.15, 0.2) is 176 Å². The van der Waals surface area contributed by atoms with E-state index < -0.39 is 0 Å². The monoisotopic (exact) mass is 764 g/mol.